The molecule has 1 N–H and O–H groups in total. The van der Waals surface area contributed by atoms with Crippen LogP contribution < -0.4 is 15.6 Å². The number of nitrogens with zero attached hydrogens (tertiary/aromatic N) is 1. The molecule has 2 rings (SSSR count). The predicted octanol–water partition coefficient (Wildman–Crippen LogP) is 3.06. The second-order valence-corrected chi connectivity index (χ2v) is 5.74. The SMILES string of the molecule is CC(NC(=O)CCn1ccccc1=O)c1ccc(OCC(F)(F)F)cc1. The van der Waals surface area contributed by atoms with Gasteiger partial charge in [-0.2, -0.15) is 13.2 Å². The van der Waals surface area contributed by atoms with Crippen LogP contribution >= 0.6 is 0 Å². The van der Waals surface area contributed by atoms with Crippen LogP contribution in [0.2, 0.25) is 0 Å². The molecule has 1 aromatic carbocycles. The first-order chi connectivity index (χ1) is 12.2. The van der Waals surface area contributed by atoms with E-state index in [2.05, 4.69) is 10.1 Å². The van der Waals surface area contributed by atoms with Crippen molar-refractivity contribution in [1.82, 2.24) is 9.88 Å². The highest BCUT2D eigenvalue weighted by molar-refractivity contribution is 5.76. The lowest BCUT2D eigenvalue weighted by molar-refractivity contribution is -0.153. The average molecular weight is 368 g/mol. The van der Waals surface area contributed by atoms with Gasteiger partial charge in [-0.25, -0.2) is 0 Å². The van der Waals surface area contributed by atoms with Crippen molar-refractivity contribution in [3.8, 4) is 5.75 Å². The molecule has 0 aliphatic rings. The van der Waals surface area contributed by atoms with Crippen LogP contribution in [0.3, 0.4) is 0 Å². The summed E-state index contributed by atoms with van der Waals surface area (Å²) >= 11 is 0. The molecule has 0 aliphatic heterocycles. The zero-order valence-corrected chi connectivity index (χ0v) is 14.1. The minimum atomic E-state index is -4.39. The highest BCUT2D eigenvalue weighted by atomic mass is 19.4. The summed E-state index contributed by atoms with van der Waals surface area (Å²) in [5.41, 5.74) is 0.553. The van der Waals surface area contributed by atoms with Crippen molar-refractivity contribution < 1.29 is 22.7 Å². The number of carbonyl (C=O) groups is 1. The summed E-state index contributed by atoms with van der Waals surface area (Å²) < 4.78 is 42.4. The van der Waals surface area contributed by atoms with E-state index >= 15 is 0 Å². The Balaban J connectivity index is 1.84. The molecule has 1 amide bonds. The molecule has 0 fully saturated rings. The van der Waals surface area contributed by atoms with Crippen LogP contribution in [0.5, 0.6) is 5.75 Å². The minimum absolute atomic E-state index is 0.105. The largest absolute Gasteiger partial charge is 0.484 e. The van der Waals surface area contributed by atoms with Gasteiger partial charge in [0.1, 0.15) is 5.75 Å². The number of carbonyl (C=O) groups excluding carboxylic acids is 1. The summed E-state index contributed by atoms with van der Waals surface area (Å²) in [6.07, 6.45) is -2.64. The normalized spacial score (nSPS) is 12.5. The van der Waals surface area contributed by atoms with E-state index in [9.17, 15) is 22.8 Å². The molecule has 1 unspecified atom stereocenters. The van der Waals surface area contributed by atoms with Gasteiger partial charge in [0.2, 0.25) is 5.91 Å². The van der Waals surface area contributed by atoms with Gasteiger partial charge in [-0.3, -0.25) is 9.59 Å². The quantitative estimate of drug-likeness (QED) is 0.817. The number of halogens is 3. The zero-order valence-electron chi connectivity index (χ0n) is 14.1. The number of benzene rings is 1. The molecule has 0 radical (unpaired) electrons. The Bertz CT molecular complexity index is 785. The van der Waals surface area contributed by atoms with Gasteiger partial charge < -0.3 is 14.6 Å². The summed E-state index contributed by atoms with van der Waals surface area (Å²) in [6.45, 7) is 0.679. The van der Waals surface area contributed by atoms with E-state index in [-0.39, 0.29) is 36.2 Å². The molecule has 0 saturated carbocycles. The van der Waals surface area contributed by atoms with Gasteiger partial charge in [0.25, 0.3) is 5.56 Å². The molecular weight excluding hydrogens is 349 g/mol. The van der Waals surface area contributed by atoms with Crippen molar-refractivity contribution >= 4 is 5.91 Å². The summed E-state index contributed by atoms with van der Waals surface area (Å²) in [5, 5.41) is 2.79. The Hall–Kier alpha value is -2.77. The van der Waals surface area contributed by atoms with Crippen LogP contribution in [0.4, 0.5) is 13.2 Å². The lowest BCUT2D eigenvalue weighted by Gasteiger charge is -2.15. The van der Waals surface area contributed by atoms with E-state index in [0.29, 0.717) is 0 Å². The first-order valence-corrected chi connectivity index (χ1v) is 7.99. The molecule has 1 heterocycles. The molecule has 0 bridgehead atoms. The molecule has 26 heavy (non-hydrogen) atoms. The number of pyridine rings is 1. The topological polar surface area (TPSA) is 60.3 Å². The Labute approximate surface area is 148 Å². The lowest BCUT2D eigenvalue weighted by atomic mass is 10.1. The number of rotatable bonds is 7. The number of aromatic nitrogens is 1. The maximum atomic E-state index is 12.1. The zero-order chi connectivity index (χ0) is 19.2. The molecule has 0 saturated heterocycles. The molecule has 1 aromatic heterocycles. The number of hydrogen-bond acceptors (Lipinski definition) is 3. The number of nitrogens with one attached hydrogen (secondary N) is 1. The van der Waals surface area contributed by atoms with Crippen LogP contribution in [0.1, 0.15) is 24.9 Å². The number of ether oxygens (including phenoxy) is 1. The third-order valence-electron chi connectivity index (χ3n) is 3.64. The molecule has 8 heteroatoms. The lowest BCUT2D eigenvalue weighted by Crippen LogP contribution is -2.29. The van der Waals surface area contributed by atoms with E-state index in [4.69, 9.17) is 0 Å². The Morgan fingerprint density at radius 1 is 1.19 bits per heavy atom. The molecule has 0 spiro atoms. The standard InChI is InChI=1S/C18H19F3N2O3/c1-13(14-5-7-15(8-6-14)26-12-18(19,20)21)22-16(24)9-11-23-10-3-2-4-17(23)25/h2-8,10,13H,9,11-12H2,1H3,(H,22,24). The molecule has 2 aromatic rings. The van der Waals surface area contributed by atoms with Gasteiger partial charge in [0, 0.05) is 25.2 Å². The second-order valence-electron chi connectivity index (χ2n) is 5.74. The van der Waals surface area contributed by atoms with Crippen molar-refractivity contribution in [2.75, 3.05) is 6.61 Å². The maximum absolute atomic E-state index is 12.1. The molecular formula is C18H19F3N2O3. The number of alkyl halides is 3. The summed E-state index contributed by atoms with van der Waals surface area (Å²) in [7, 11) is 0. The molecule has 5 nitrogen and oxygen atoms in total. The third kappa shape index (κ3) is 6.27. The fraction of sp³-hybridized carbons (Fsp3) is 0.333. The number of aryl methyl sites for hydroxylation is 1. The van der Waals surface area contributed by atoms with E-state index < -0.39 is 12.8 Å². The van der Waals surface area contributed by atoms with Crippen molar-refractivity contribution in [3.05, 3.63) is 64.6 Å². The molecule has 0 aliphatic carbocycles. The van der Waals surface area contributed by atoms with Crippen LogP contribution in [-0.2, 0) is 11.3 Å². The first kappa shape index (κ1) is 19.6. The van der Waals surface area contributed by atoms with Crippen LogP contribution in [-0.4, -0.2) is 23.3 Å². The fourth-order valence-corrected chi connectivity index (χ4v) is 2.28. The summed E-state index contributed by atoms with van der Waals surface area (Å²) in [6, 6.07) is 10.5. The van der Waals surface area contributed by atoms with Gasteiger partial charge in [-0.15, -0.1) is 0 Å². The van der Waals surface area contributed by atoms with Crippen LogP contribution in [0.15, 0.2) is 53.5 Å². The van der Waals surface area contributed by atoms with Gasteiger partial charge >= 0.3 is 6.18 Å². The number of hydrogen-bond donors (Lipinski definition) is 1. The van der Waals surface area contributed by atoms with E-state index in [1.807, 2.05) is 0 Å². The molecule has 1 atom stereocenters. The Morgan fingerprint density at radius 3 is 2.50 bits per heavy atom. The van der Waals surface area contributed by atoms with Crippen molar-refractivity contribution in [2.45, 2.75) is 32.1 Å². The van der Waals surface area contributed by atoms with Crippen LogP contribution in [0.25, 0.3) is 0 Å². The van der Waals surface area contributed by atoms with Crippen LogP contribution in [0, 0.1) is 0 Å². The highest BCUT2D eigenvalue weighted by Gasteiger charge is 2.28. The second kappa shape index (κ2) is 8.55. The fourth-order valence-electron chi connectivity index (χ4n) is 2.28. The third-order valence-corrected chi connectivity index (χ3v) is 3.64. The van der Waals surface area contributed by atoms with Gasteiger partial charge in [-0.1, -0.05) is 18.2 Å². The van der Waals surface area contributed by atoms with Gasteiger partial charge in [0.15, 0.2) is 6.61 Å². The summed E-state index contributed by atoms with van der Waals surface area (Å²) in [4.78, 5) is 23.6. The van der Waals surface area contributed by atoms with E-state index in [1.54, 1.807) is 37.4 Å². The predicted molar refractivity (Wildman–Crippen MR) is 89.9 cm³/mol. The summed E-state index contributed by atoms with van der Waals surface area (Å²) in [5.74, 6) is -0.126. The average Bonchev–Trinajstić information content (AvgIpc) is 2.59. The Kier molecular flexibility index (Phi) is 6.43. The van der Waals surface area contributed by atoms with Gasteiger partial charge in [-0.05, 0) is 30.7 Å². The number of amides is 1. The van der Waals surface area contributed by atoms with E-state index in [0.717, 1.165) is 5.56 Å². The van der Waals surface area contributed by atoms with Crippen molar-refractivity contribution in [1.29, 1.82) is 0 Å². The van der Waals surface area contributed by atoms with Crippen molar-refractivity contribution in [2.24, 2.45) is 0 Å². The molecule has 140 valence electrons. The maximum Gasteiger partial charge on any atom is 0.422 e. The van der Waals surface area contributed by atoms with Crippen molar-refractivity contribution in [3.63, 3.8) is 0 Å². The monoisotopic (exact) mass is 368 g/mol. The minimum Gasteiger partial charge on any atom is -0.484 e. The highest BCUT2D eigenvalue weighted by Crippen LogP contribution is 2.21. The van der Waals surface area contributed by atoms with Gasteiger partial charge in [0.05, 0.1) is 6.04 Å². The van der Waals surface area contributed by atoms with E-state index in [1.165, 1.54) is 22.8 Å². The Morgan fingerprint density at radius 2 is 1.88 bits per heavy atom. The first-order valence-electron chi connectivity index (χ1n) is 7.99. The smallest absolute Gasteiger partial charge is 0.422 e.